The molecule has 0 aliphatic heterocycles. The molecule has 5 heteroatoms. The second-order valence-electron chi connectivity index (χ2n) is 7.41. The smallest absolute Gasteiger partial charge is 0.163 e. The molecule has 31 heavy (non-hydrogen) atoms. The standard InChI is InChI=1S/C26H21N5/c1-18-7-9-19(10-8-18)20-11-12-23-24(15-20)30-25(21-5-4-13-27-16-21)31-26(23)29-17-22-6-2-3-14-28-22/h2-16H,17H2,1H3,(H,29,30,31). The number of pyridine rings is 2. The van der Waals surface area contributed by atoms with E-state index in [2.05, 4.69) is 64.7 Å². The zero-order valence-electron chi connectivity index (χ0n) is 17.2. The first-order chi connectivity index (χ1) is 15.3. The van der Waals surface area contributed by atoms with Crippen LogP contribution in [-0.2, 0) is 6.54 Å². The van der Waals surface area contributed by atoms with Gasteiger partial charge in [0.15, 0.2) is 5.82 Å². The van der Waals surface area contributed by atoms with Gasteiger partial charge in [-0.05, 0) is 54.4 Å². The molecule has 2 aromatic carbocycles. The SMILES string of the molecule is Cc1ccc(-c2ccc3c(NCc4ccccn4)nc(-c4cccnc4)nc3c2)cc1. The molecule has 0 unspecified atom stereocenters. The number of fused-ring (bicyclic) bond motifs is 1. The molecule has 0 fully saturated rings. The predicted molar refractivity (Wildman–Crippen MR) is 125 cm³/mol. The van der Waals surface area contributed by atoms with Gasteiger partial charge in [0.2, 0.25) is 0 Å². The van der Waals surface area contributed by atoms with Crippen LogP contribution in [0.15, 0.2) is 91.4 Å². The summed E-state index contributed by atoms with van der Waals surface area (Å²) < 4.78 is 0. The Morgan fingerprint density at radius 2 is 1.65 bits per heavy atom. The largest absolute Gasteiger partial charge is 0.364 e. The third-order valence-corrected chi connectivity index (χ3v) is 5.16. The van der Waals surface area contributed by atoms with Crippen molar-refractivity contribution < 1.29 is 0 Å². The molecule has 0 aliphatic rings. The first kappa shape index (κ1) is 18.9. The predicted octanol–water partition coefficient (Wildman–Crippen LogP) is 5.67. The Kier molecular flexibility index (Phi) is 5.07. The molecule has 0 saturated heterocycles. The summed E-state index contributed by atoms with van der Waals surface area (Å²) in [5.41, 5.74) is 6.25. The van der Waals surface area contributed by atoms with Crippen LogP contribution in [0.5, 0.6) is 0 Å². The molecule has 0 spiro atoms. The Hall–Kier alpha value is -4.12. The van der Waals surface area contributed by atoms with Crippen LogP contribution in [0.2, 0.25) is 0 Å². The third-order valence-electron chi connectivity index (χ3n) is 5.16. The van der Waals surface area contributed by atoms with E-state index in [-0.39, 0.29) is 0 Å². The number of hydrogen-bond donors (Lipinski definition) is 1. The lowest BCUT2D eigenvalue weighted by molar-refractivity contribution is 1.03. The maximum Gasteiger partial charge on any atom is 0.163 e. The van der Waals surface area contributed by atoms with E-state index in [1.807, 2.05) is 30.3 Å². The van der Waals surface area contributed by atoms with Gasteiger partial charge >= 0.3 is 0 Å². The minimum absolute atomic E-state index is 0.582. The molecule has 150 valence electrons. The number of aryl methyl sites for hydroxylation is 1. The van der Waals surface area contributed by atoms with Crippen molar-refractivity contribution in [1.82, 2.24) is 19.9 Å². The van der Waals surface area contributed by atoms with Gasteiger partial charge < -0.3 is 5.32 Å². The lowest BCUT2D eigenvalue weighted by Crippen LogP contribution is -2.05. The average Bonchev–Trinajstić information content (AvgIpc) is 2.83. The highest BCUT2D eigenvalue weighted by molar-refractivity contribution is 5.93. The van der Waals surface area contributed by atoms with Crippen LogP contribution < -0.4 is 5.32 Å². The van der Waals surface area contributed by atoms with Crippen molar-refractivity contribution in [3.8, 4) is 22.5 Å². The molecule has 0 bridgehead atoms. The van der Waals surface area contributed by atoms with Gasteiger partial charge in [-0.2, -0.15) is 0 Å². The highest BCUT2D eigenvalue weighted by Gasteiger charge is 2.11. The third kappa shape index (κ3) is 4.12. The van der Waals surface area contributed by atoms with E-state index in [1.54, 1.807) is 18.6 Å². The van der Waals surface area contributed by atoms with Gasteiger partial charge in [0.05, 0.1) is 17.8 Å². The summed E-state index contributed by atoms with van der Waals surface area (Å²) in [6.45, 7) is 2.68. The van der Waals surface area contributed by atoms with Crippen LogP contribution >= 0.6 is 0 Å². The minimum Gasteiger partial charge on any atom is -0.364 e. The molecular weight excluding hydrogens is 382 g/mol. The highest BCUT2D eigenvalue weighted by atomic mass is 15.0. The van der Waals surface area contributed by atoms with Gasteiger partial charge in [0.1, 0.15) is 5.82 Å². The van der Waals surface area contributed by atoms with Gasteiger partial charge in [-0.3, -0.25) is 9.97 Å². The maximum atomic E-state index is 4.86. The Morgan fingerprint density at radius 1 is 0.774 bits per heavy atom. The van der Waals surface area contributed by atoms with E-state index in [9.17, 15) is 0 Å². The molecule has 0 atom stereocenters. The Morgan fingerprint density at radius 3 is 2.42 bits per heavy atom. The van der Waals surface area contributed by atoms with E-state index in [0.717, 1.165) is 39.1 Å². The molecule has 3 aromatic heterocycles. The van der Waals surface area contributed by atoms with Gasteiger partial charge in [0, 0.05) is 29.5 Å². The molecule has 3 heterocycles. The van der Waals surface area contributed by atoms with Crippen LogP contribution in [-0.4, -0.2) is 19.9 Å². The number of benzene rings is 2. The monoisotopic (exact) mass is 403 g/mol. The quantitative estimate of drug-likeness (QED) is 0.409. The summed E-state index contributed by atoms with van der Waals surface area (Å²) in [6.07, 6.45) is 5.33. The highest BCUT2D eigenvalue weighted by Crippen LogP contribution is 2.29. The molecule has 5 nitrogen and oxygen atoms in total. The van der Waals surface area contributed by atoms with Crippen molar-refractivity contribution in [3.05, 3.63) is 103 Å². The fourth-order valence-corrected chi connectivity index (χ4v) is 3.49. The Balaban J connectivity index is 1.60. The maximum absolute atomic E-state index is 4.86. The Bertz CT molecular complexity index is 1320. The van der Waals surface area contributed by atoms with Crippen molar-refractivity contribution in [1.29, 1.82) is 0 Å². The van der Waals surface area contributed by atoms with Crippen molar-refractivity contribution in [3.63, 3.8) is 0 Å². The molecule has 0 saturated carbocycles. The van der Waals surface area contributed by atoms with Crippen molar-refractivity contribution in [2.45, 2.75) is 13.5 Å². The normalized spacial score (nSPS) is 10.9. The summed E-state index contributed by atoms with van der Waals surface area (Å²) in [6, 6.07) is 24.6. The van der Waals surface area contributed by atoms with Crippen LogP contribution in [0.1, 0.15) is 11.3 Å². The fourth-order valence-electron chi connectivity index (χ4n) is 3.49. The zero-order valence-corrected chi connectivity index (χ0v) is 17.2. The number of nitrogens with one attached hydrogen (secondary N) is 1. The van der Waals surface area contributed by atoms with Gasteiger partial charge in [-0.1, -0.05) is 42.0 Å². The molecular formula is C26H21N5. The summed E-state index contributed by atoms with van der Waals surface area (Å²) in [7, 11) is 0. The van der Waals surface area contributed by atoms with E-state index in [1.165, 1.54) is 5.56 Å². The number of nitrogens with zero attached hydrogens (tertiary/aromatic N) is 4. The molecule has 0 amide bonds. The van der Waals surface area contributed by atoms with E-state index < -0.39 is 0 Å². The minimum atomic E-state index is 0.582. The molecule has 0 aliphatic carbocycles. The first-order valence-corrected chi connectivity index (χ1v) is 10.2. The van der Waals surface area contributed by atoms with Gasteiger partial charge in [0.25, 0.3) is 0 Å². The fraction of sp³-hybridized carbons (Fsp3) is 0.0769. The van der Waals surface area contributed by atoms with Gasteiger partial charge in [-0.15, -0.1) is 0 Å². The molecule has 5 aromatic rings. The number of hydrogen-bond acceptors (Lipinski definition) is 5. The summed E-state index contributed by atoms with van der Waals surface area (Å²) >= 11 is 0. The zero-order chi connectivity index (χ0) is 21.0. The van der Waals surface area contributed by atoms with Crippen LogP contribution in [0.3, 0.4) is 0 Å². The number of aromatic nitrogens is 4. The summed E-state index contributed by atoms with van der Waals surface area (Å²) in [5.74, 6) is 1.43. The molecule has 5 rings (SSSR count). The van der Waals surface area contributed by atoms with Gasteiger partial charge in [-0.25, -0.2) is 9.97 Å². The summed E-state index contributed by atoms with van der Waals surface area (Å²) in [4.78, 5) is 18.3. The van der Waals surface area contributed by atoms with E-state index >= 15 is 0 Å². The average molecular weight is 403 g/mol. The van der Waals surface area contributed by atoms with Crippen LogP contribution in [0, 0.1) is 6.92 Å². The van der Waals surface area contributed by atoms with Crippen molar-refractivity contribution in [2.24, 2.45) is 0 Å². The van der Waals surface area contributed by atoms with Crippen molar-refractivity contribution >= 4 is 16.7 Å². The van der Waals surface area contributed by atoms with Crippen LogP contribution in [0.25, 0.3) is 33.4 Å². The number of rotatable bonds is 5. The first-order valence-electron chi connectivity index (χ1n) is 10.2. The lowest BCUT2D eigenvalue weighted by atomic mass is 10.0. The van der Waals surface area contributed by atoms with Crippen molar-refractivity contribution in [2.75, 3.05) is 5.32 Å². The number of anilines is 1. The van der Waals surface area contributed by atoms with E-state index in [4.69, 9.17) is 9.97 Å². The summed E-state index contributed by atoms with van der Waals surface area (Å²) in [5, 5.41) is 4.42. The topological polar surface area (TPSA) is 63.6 Å². The second-order valence-corrected chi connectivity index (χ2v) is 7.41. The van der Waals surface area contributed by atoms with E-state index in [0.29, 0.717) is 12.4 Å². The molecule has 0 radical (unpaired) electrons. The second kappa shape index (κ2) is 8.32. The molecule has 1 N–H and O–H groups in total. The van der Waals surface area contributed by atoms with Crippen LogP contribution in [0.4, 0.5) is 5.82 Å². The lowest BCUT2D eigenvalue weighted by Gasteiger charge is -2.12. The Labute approximate surface area is 180 Å².